The van der Waals surface area contributed by atoms with Crippen molar-refractivity contribution in [2.45, 2.75) is 13.2 Å². The van der Waals surface area contributed by atoms with Crippen molar-refractivity contribution in [1.82, 2.24) is 15.2 Å². The Morgan fingerprint density at radius 1 is 1.17 bits per heavy atom. The van der Waals surface area contributed by atoms with Gasteiger partial charge in [0.15, 0.2) is 6.29 Å². The normalized spacial score (nSPS) is 12.0. The van der Waals surface area contributed by atoms with E-state index in [1.807, 2.05) is 0 Å². The molecule has 8 heteroatoms. The number of pyridine rings is 1. The van der Waals surface area contributed by atoms with E-state index in [9.17, 15) is 4.39 Å². The summed E-state index contributed by atoms with van der Waals surface area (Å²) in [5.74, 6) is 0.374. The van der Waals surface area contributed by atoms with Crippen LogP contribution in [0.25, 0.3) is 11.5 Å². The molecule has 0 fully saturated rings. The number of aliphatic hydroxyl groups is 1. The maximum atomic E-state index is 12.9. The molecule has 1 aromatic carbocycles. The molecule has 0 spiro atoms. The second-order valence-electron chi connectivity index (χ2n) is 4.50. The van der Waals surface area contributed by atoms with Gasteiger partial charge in [-0.1, -0.05) is 5.10 Å². The minimum atomic E-state index is -1.08. The number of hydrogen-bond acceptors (Lipinski definition) is 7. The Balaban J connectivity index is 1.88. The van der Waals surface area contributed by atoms with Crippen LogP contribution in [0, 0.1) is 5.82 Å². The average molecular weight is 317 g/mol. The highest BCUT2D eigenvalue weighted by Crippen LogP contribution is 2.31. The van der Waals surface area contributed by atoms with Crippen molar-refractivity contribution in [3.05, 3.63) is 48.4 Å². The van der Waals surface area contributed by atoms with Crippen molar-refractivity contribution < 1.29 is 23.4 Å². The standard InChI is InChI=1S/C15H12FN3O4/c1-9(20)21-15-19-18-14(23-15)12-3-2-8-17-13(12)22-11-6-4-10(16)5-7-11/h2-9,20H,1H3. The monoisotopic (exact) mass is 317 g/mol. The molecule has 0 aliphatic rings. The molecule has 0 saturated heterocycles. The van der Waals surface area contributed by atoms with Gasteiger partial charge in [0.25, 0.3) is 5.89 Å². The quantitative estimate of drug-likeness (QED) is 0.723. The van der Waals surface area contributed by atoms with E-state index in [0.717, 1.165) is 0 Å². The minimum Gasteiger partial charge on any atom is -0.438 e. The van der Waals surface area contributed by atoms with Crippen LogP contribution in [0.1, 0.15) is 6.92 Å². The van der Waals surface area contributed by atoms with Gasteiger partial charge in [-0.3, -0.25) is 0 Å². The Morgan fingerprint density at radius 2 is 1.96 bits per heavy atom. The van der Waals surface area contributed by atoms with Crippen molar-refractivity contribution in [2.75, 3.05) is 0 Å². The van der Waals surface area contributed by atoms with Crippen LogP contribution in [-0.2, 0) is 0 Å². The van der Waals surface area contributed by atoms with Crippen LogP contribution in [-0.4, -0.2) is 26.6 Å². The van der Waals surface area contributed by atoms with E-state index < -0.39 is 6.29 Å². The predicted octanol–water partition coefficient (Wildman–Crippen LogP) is 2.78. The Hall–Kier alpha value is -3.00. The molecule has 118 valence electrons. The molecule has 7 nitrogen and oxygen atoms in total. The molecule has 1 unspecified atom stereocenters. The van der Waals surface area contributed by atoms with Crippen LogP contribution in [0.5, 0.6) is 17.7 Å². The second kappa shape index (κ2) is 6.41. The Kier molecular flexibility index (Phi) is 4.15. The first kappa shape index (κ1) is 14.9. The summed E-state index contributed by atoms with van der Waals surface area (Å²) < 4.78 is 28.7. The SMILES string of the molecule is CC(O)Oc1nnc(-c2cccnc2Oc2ccc(F)cc2)o1. The van der Waals surface area contributed by atoms with Gasteiger partial charge in [-0.15, -0.1) is 5.10 Å². The molecule has 23 heavy (non-hydrogen) atoms. The van der Waals surface area contributed by atoms with Gasteiger partial charge in [0.05, 0.1) is 0 Å². The van der Waals surface area contributed by atoms with Crippen LogP contribution in [0.2, 0.25) is 0 Å². The highest BCUT2D eigenvalue weighted by atomic mass is 19.1. The molecule has 0 amide bonds. The Bertz CT molecular complexity index is 789. The molecule has 2 heterocycles. The lowest BCUT2D eigenvalue weighted by Crippen LogP contribution is -2.09. The summed E-state index contributed by atoms with van der Waals surface area (Å²) >= 11 is 0. The van der Waals surface area contributed by atoms with Crippen molar-refractivity contribution in [1.29, 1.82) is 0 Å². The zero-order chi connectivity index (χ0) is 16.2. The molecule has 1 N–H and O–H groups in total. The third-order valence-corrected chi connectivity index (χ3v) is 2.71. The average Bonchev–Trinajstić information content (AvgIpc) is 2.97. The summed E-state index contributed by atoms with van der Waals surface area (Å²) in [5.41, 5.74) is 0.435. The minimum absolute atomic E-state index is 0.117. The van der Waals surface area contributed by atoms with Crippen LogP contribution < -0.4 is 9.47 Å². The third kappa shape index (κ3) is 3.61. The summed E-state index contributed by atoms with van der Waals surface area (Å²) in [6.45, 7) is 1.41. The number of aromatic nitrogens is 3. The van der Waals surface area contributed by atoms with Crippen LogP contribution in [0.3, 0.4) is 0 Å². The van der Waals surface area contributed by atoms with E-state index in [0.29, 0.717) is 11.3 Å². The van der Waals surface area contributed by atoms with Gasteiger partial charge in [0, 0.05) is 6.20 Å². The predicted molar refractivity (Wildman–Crippen MR) is 76.3 cm³/mol. The van der Waals surface area contributed by atoms with E-state index in [1.165, 1.54) is 37.4 Å². The fourth-order valence-corrected chi connectivity index (χ4v) is 1.76. The highest BCUT2D eigenvalue weighted by Gasteiger charge is 2.16. The number of hydrogen-bond donors (Lipinski definition) is 1. The molecule has 0 radical (unpaired) electrons. The van der Waals surface area contributed by atoms with Gasteiger partial charge >= 0.3 is 6.08 Å². The molecule has 0 aliphatic carbocycles. The summed E-state index contributed by atoms with van der Waals surface area (Å²) in [6.07, 6.45) is 0.282. The third-order valence-electron chi connectivity index (χ3n) is 2.71. The molecule has 3 rings (SSSR count). The molecule has 3 aromatic rings. The number of benzene rings is 1. The highest BCUT2D eigenvalue weighted by molar-refractivity contribution is 5.60. The fraction of sp³-hybridized carbons (Fsp3) is 0.133. The maximum absolute atomic E-state index is 12.9. The number of rotatable bonds is 5. The molecular weight excluding hydrogens is 305 g/mol. The van der Waals surface area contributed by atoms with E-state index in [-0.39, 0.29) is 23.7 Å². The van der Waals surface area contributed by atoms with E-state index in [2.05, 4.69) is 15.2 Å². The number of nitrogens with zero attached hydrogens (tertiary/aromatic N) is 3. The number of ether oxygens (including phenoxy) is 2. The van der Waals surface area contributed by atoms with Gasteiger partial charge in [0.2, 0.25) is 5.88 Å². The molecule has 0 bridgehead atoms. The lowest BCUT2D eigenvalue weighted by molar-refractivity contribution is -0.0205. The van der Waals surface area contributed by atoms with Crippen LogP contribution >= 0.6 is 0 Å². The lowest BCUT2D eigenvalue weighted by Gasteiger charge is -2.07. The first-order valence-electron chi connectivity index (χ1n) is 6.69. The fourth-order valence-electron chi connectivity index (χ4n) is 1.76. The maximum Gasteiger partial charge on any atom is 0.417 e. The zero-order valence-electron chi connectivity index (χ0n) is 12.0. The molecule has 2 aromatic heterocycles. The first-order chi connectivity index (χ1) is 11.1. The van der Waals surface area contributed by atoms with Gasteiger partial charge in [-0.05, 0) is 43.3 Å². The van der Waals surface area contributed by atoms with E-state index in [4.69, 9.17) is 19.0 Å². The molecule has 0 aliphatic heterocycles. The summed E-state index contributed by atoms with van der Waals surface area (Å²) in [7, 11) is 0. The largest absolute Gasteiger partial charge is 0.438 e. The van der Waals surface area contributed by atoms with Crippen molar-refractivity contribution in [3.8, 4) is 29.2 Å². The summed E-state index contributed by atoms with van der Waals surface area (Å²) in [4.78, 5) is 4.11. The molecular formula is C15H12FN3O4. The van der Waals surface area contributed by atoms with Gasteiger partial charge in [0.1, 0.15) is 17.1 Å². The van der Waals surface area contributed by atoms with E-state index >= 15 is 0 Å². The number of aliphatic hydroxyl groups excluding tert-OH is 1. The summed E-state index contributed by atoms with van der Waals surface area (Å²) in [5, 5.41) is 16.6. The second-order valence-corrected chi connectivity index (χ2v) is 4.50. The molecule has 1 atom stereocenters. The van der Waals surface area contributed by atoms with Crippen LogP contribution in [0.15, 0.2) is 47.0 Å². The van der Waals surface area contributed by atoms with Gasteiger partial charge < -0.3 is 19.0 Å². The Labute approximate surface area is 130 Å². The van der Waals surface area contributed by atoms with Crippen LogP contribution in [0.4, 0.5) is 4.39 Å². The number of halogens is 1. The zero-order valence-corrected chi connectivity index (χ0v) is 12.0. The lowest BCUT2D eigenvalue weighted by atomic mass is 10.2. The van der Waals surface area contributed by atoms with Crippen molar-refractivity contribution >= 4 is 0 Å². The van der Waals surface area contributed by atoms with Crippen molar-refractivity contribution in [3.63, 3.8) is 0 Å². The smallest absolute Gasteiger partial charge is 0.417 e. The Morgan fingerprint density at radius 3 is 2.70 bits per heavy atom. The summed E-state index contributed by atoms with van der Waals surface area (Å²) in [6, 6.07) is 8.85. The first-order valence-corrected chi connectivity index (χ1v) is 6.69. The molecule has 0 saturated carbocycles. The topological polar surface area (TPSA) is 90.5 Å². The van der Waals surface area contributed by atoms with Gasteiger partial charge in [-0.2, -0.15) is 0 Å². The van der Waals surface area contributed by atoms with E-state index in [1.54, 1.807) is 12.1 Å². The van der Waals surface area contributed by atoms with Crippen molar-refractivity contribution in [2.24, 2.45) is 0 Å². The van der Waals surface area contributed by atoms with Gasteiger partial charge in [-0.25, -0.2) is 9.37 Å².